The monoisotopic (exact) mass is 569 g/mol. The molecule has 0 aliphatic rings. The SMILES string of the molecule is CCc1ccccc1N(CC(=O)N(Cc1ccc(Cl)cc1)[C@H](C)C(=O)NC(C)C)S(=O)(=O)c1ccc(C)cc1. The number of carbonyl (C=O) groups excluding carboxylic acids is 2. The van der Waals surface area contributed by atoms with Crippen molar-refractivity contribution in [2.45, 2.75) is 64.6 Å². The van der Waals surface area contributed by atoms with Gasteiger partial charge in [0.05, 0.1) is 10.6 Å². The maximum atomic E-state index is 14.0. The van der Waals surface area contributed by atoms with Gasteiger partial charge in [-0.2, -0.15) is 0 Å². The van der Waals surface area contributed by atoms with Crippen molar-refractivity contribution < 1.29 is 18.0 Å². The number of rotatable bonds is 11. The lowest BCUT2D eigenvalue weighted by atomic mass is 10.1. The zero-order valence-electron chi connectivity index (χ0n) is 23.0. The highest BCUT2D eigenvalue weighted by molar-refractivity contribution is 7.92. The largest absolute Gasteiger partial charge is 0.352 e. The fraction of sp³-hybridized carbons (Fsp3) is 0.333. The first-order valence-electron chi connectivity index (χ1n) is 13.0. The fourth-order valence-corrected chi connectivity index (χ4v) is 5.76. The number of nitrogens with one attached hydrogen (secondary N) is 1. The molecule has 0 heterocycles. The topological polar surface area (TPSA) is 86.8 Å². The van der Waals surface area contributed by atoms with Gasteiger partial charge in [-0.1, -0.05) is 66.6 Å². The van der Waals surface area contributed by atoms with Crippen LogP contribution in [0.3, 0.4) is 0 Å². The lowest BCUT2D eigenvalue weighted by Gasteiger charge is -2.33. The Balaban J connectivity index is 2.06. The van der Waals surface area contributed by atoms with Gasteiger partial charge in [0.15, 0.2) is 0 Å². The molecule has 7 nitrogen and oxygen atoms in total. The molecule has 0 aromatic heterocycles. The van der Waals surface area contributed by atoms with Crippen LogP contribution >= 0.6 is 11.6 Å². The average molecular weight is 570 g/mol. The maximum Gasteiger partial charge on any atom is 0.264 e. The van der Waals surface area contributed by atoms with Gasteiger partial charge in [0.25, 0.3) is 10.0 Å². The molecule has 0 bridgehead atoms. The van der Waals surface area contributed by atoms with Crippen molar-refractivity contribution >= 4 is 39.1 Å². The van der Waals surface area contributed by atoms with Gasteiger partial charge in [-0.3, -0.25) is 13.9 Å². The zero-order valence-corrected chi connectivity index (χ0v) is 24.6. The van der Waals surface area contributed by atoms with Gasteiger partial charge in [0.2, 0.25) is 11.8 Å². The van der Waals surface area contributed by atoms with Gasteiger partial charge in [0.1, 0.15) is 12.6 Å². The number of amides is 2. The van der Waals surface area contributed by atoms with Crippen LogP contribution in [0.5, 0.6) is 0 Å². The molecule has 0 saturated carbocycles. The van der Waals surface area contributed by atoms with E-state index in [-0.39, 0.29) is 23.4 Å². The number of sulfonamides is 1. The van der Waals surface area contributed by atoms with E-state index in [0.717, 1.165) is 21.0 Å². The van der Waals surface area contributed by atoms with Crippen LogP contribution in [0.25, 0.3) is 0 Å². The van der Waals surface area contributed by atoms with E-state index >= 15 is 0 Å². The number of anilines is 1. The highest BCUT2D eigenvalue weighted by Crippen LogP contribution is 2.28. The summed E-state index contributed by atoms with van der Waals surface area (Å²) < 4.78 is 29.1. The van der Waals surface area contributed by atoms with Crippen molar-refractivity contribution in [1.29, 1.82) is 0 Å². The van der Waals surface area contributed by atoms with Crippen molar-refractivity contribution in [3.05, 3.63) is 94.5 Å². The Bertz CT molecular complexity index is 1390. The first-order valence-corrected chi connectivity index (χ1v) is 14.8. The van der Waals surface area contributed by atoms with E-state index in [0.29, 0.717) is 17.1 Å². The molecule has 0 unspecified atom stereocenters. The quantitative estimate of drug-likeness (QED) is 0.337. The lowest BCUT2D eigenvalue weighted by molar-refractivity contribution is -0.139. The molecule has 39 heavy (non-hydrogen) atoms. The number of nitrogens with zero attached hydrogens (tertiary/aromatic N) is 2. The van der Waals surface area contributed by atoms with Crippen molar-refractivity contribution in [2.75, 3.05) is 10.8 Å². The third-order valence-corrected chi connectivity index (χ3v) is 8.42. The van der Waals surface area contributed by atoms with Crippen molar-refractivity contribution in [3.63, 3.8) is 0 Å². The summed E-state index contributed by atoms with van der Waals surface area (Å²) in [5.41, 5.74) is 2.90. The molecule has 0 fully saturated rings. The maximum absolute atomic E-state index is 14.0. The third kappa shape index (κ3) is 7.61. The minimum absolute atomic E-state index is 0.0849. The second-order valence-electron chi connectivity index (χ2n) is 9.79. The molecular formula is C30H36ClN3O4S. The molecular weight excluding hydrogens is 534 g/mol. The summed E-state index contributed by atoms with van der Waals surface area (Å²) in [4.78, 5) is 28.5. The molecule has 1 atom stereocenters. The van der Waals surface area contributed by atoms with Crippen LogP contribution in [0.1, 0.15) is 44.4 Å². The van der Waals surface area contributed by atoms with Crippen molar-refractivity contribution in [3.8, 4) is 0 Å². The number of para-hydroxylation sites is 1. The summed E-state index contributed by atoms with van der Waals surface area (Å²) in [5, 5.41) is 3.40. The van der Waals surface area contributed by atoms with Crippen LogP contribution in [0.15, 0.2) is 77.7 Å². The van der Waals surface area contributed by atoms with Gasteiger partial charge in [-0.15, -0.1) is 0 Å². The molecule has 0 saturated heterocycles. The number of carbonyl (C=O) groups is 2. The van der Waals surface area contributed by atoms with Gasteiger partial charge in [-0.05, 0) is 75.6 Å². The Morgan fingerprint density at radius 3 is 2.13 bits per heavy atom. The molecule has 1 N–H and O–H groups in total. The minimum Gasteiger partial charge on any atom is -0.352 e. The Morgan fingerprint density at radius 1 is 0.923 bits per heavy atom. The molecule has 0 aliphatic carbocycles. The molecule has 0 aliphatic heterocycles. The van der Waals surface area contributed by atoms with Crippen LogP contribution in [0.2, 0.25) is 5.02 Å². The standard InChI is InChI=1S/C30H36ClN3O4S/c1-6-25-9-7-8-10-28(25)34(39(37,38)27-17-11-22(4)12-18-27)20-29(35)33(23(5)30(36)32-21(2)3)19-24-13-15-26(31)16-14-24/h7-18,21,23H,6,19-20H2,1-5H3,(H,32,36)/t23-/m1/s1. The number of halogens is 1. The van der Waals surface area contributed by atoms with Crippen LogP contribution in [0.4, 0.5) is 5.69 Å². The molecule has 3 aromatic carbocycles. The molecule has 0 radical (unpaired) electrons. The summed E-state index contributed by atoms with van der Waals surface area (Å²) in [6.07, 6.45) is 0.575. The predicted molar refractivity (Wildman–Crippen MR) is 156 cm³/mol. The predicted octanol–water partition coefficient (Wildman–Crippen LogP) is 5.35. The zero-order chi connectivity index (χ0) is 28.7. The number of hydrogen-bond acceptors (Lipinski definition) is 4. The summed E-state index contributed by atoms with van der Waals surface area (Å²) >= 11 is 6.05. The first-order chi connectivity index (χ1) is 18.4. The first kappa shape index (κ1) is 30.2. The molecule has 208 valence electrons. The van der Waals surface area contributed by atoms with E-state index in [1.165, 1.54) is 4.90 Å². The van der Waals surface area contributed by atoms with Crippen LogP contribution in [-0.4, -0.2) is 43.8 Å². The Morgan fingerprint density at radius 2 is 1.54 bits per heavy atom. The van der Waals surface area contributed by atoms with E-state index in [4.69, 9.17) is 11.6 Å². The Hall–Kier alpha value is -3.36. The average Bonchev–Trinajstić information content (AvgIpc) is 2.90. The van der Waals surface area contributed by atoms with E-state index in [2.05, 4.69) is 5.32 Å². The summed E-state index contributed by atoms with van der Waals surface area (Å²) in [7, 11) is -4.11. The molecule has 2 amide bonds. The molecule has 9 heteroatoms. The van der Waals surface area contributed by atoms with E-state index in [1.807, 2.05) is 39.8 Å². The Labute approximate surface area is 236 Å². The lowest BCUT2D eigenvalue weighted by Crippen LogP contribution is -2.52. The van der Waals surface area contributed by atoms with Gasteiger partial charge < -0.3 is 10.2 Å². The highest BCUT2D eigenvalue weighted by Gasteiger charge is 2.33. The van der Waals surface area contributed by atoms with Crippen LogP contribution in [0, 0.1) is 6.92 Å². The Kier molecular flexibility index (Phi) is 10.2. The second kappa shape index (κ2) is 13.1. The summed E-state index contributed by atoms with van der Waals surface area (Å²) in [6.45, 7) is 8.77. The van der Waals surface area contributed by atoms with E-state index in [1.54, 1.807) is 67.6 Å². The van der Waals surface area contributed by atoms with Gasteiger partial charge in [0, 0.05) is 17.6 Å². The third-order valence-electron chi connectivity index (χ3n) is 6.39. The fourth-order valence-electron chi connectivity index (χ4n) is 4.18. The van der Waals surface area contributed by atoms with Crippen molar-refractivity contribution in [1.82, 2.24) is 10.2 Å². The highest BCUT2D eigenvalue weighted by atomic mass is 35.5. The molecule has 0 spiro atoms. The second-order valence-corrected chi connectivity index (χ2v) is 12.1. The van der Waals surface area contributed by atoms with Crippen LogP contribution < -0.4 is 9.62 Å². The number of benzene rings is 3. The number of hydrogen-bond donors (Lipinski definition) is 1. The summed E-state index contributed by atoms with van der Waals surface area (Å²) in [5.74, 6) is -0.827. The van der Waals surface area contributed by atoms with Crippen LogP contribution in [-0.2, 0) is 32.6 Å². The van der Waals surface area contributed by atoms with E-state index < -0.39 is 28.5 Å². The number of aryl methyl sites for hydroxylation is 2. The normalized spacial score (nSPS) is 12.2. The van der Waals surface area contributed by atoms with E-state index in [9.17, 15) is 18.0 Å². The minimum atomic E-state index is -4.11. The van der Waals surface area contributed by atoms with Gasteiger partial charge >= 0.3 is 0 Å². The molecule has 3 aromatic rings. The van der Waals surface area contributed by atoms with Crippen molar-refractivity contribution in [2.24, 2.45) is 0 Å². The van der Waals surface area contributed by atoms with Gasteiger partial charge in [-0.25, -0.2) is 8.42 Å². The smallest absolute Gasteiger partial charge is 0.264 e. The molecule has 3 rings (SSSR count). The summed E-state index contributed by atoms with van der Waals surface area (Å²) in [6, 6.07) is 19.7.